The highest BCUT2D eigenvalue weighted by molar-refractivity contribution is 9.11. The Morgan fingerprint density at radius 1 is 1.00 bits per heavy atom. The van der Waals surface area contributed by atoms with E-state index >= 15 is 0 Å². The van der Waals surface area contributed by atoms with Crippen LogP contribution >= 0.6 is 15.9 Å². The van der Waals surface area contributed by atoms with Crippen LogP contribution in [0.2, 0.25) is 0 Å². The molecule has 0 saturated heterocycles. The fourth-order valence-electron chi connectivity index (χ4n) is 0.426. The zero-order chi connectivity index (χ0) is 11.8. The first-order valence-corrected chi connectivity index (χ1v) is 3.57. The summed E-state index contributed by atoms with van der Waals surface area (Å²) in [4.78, 5) is 0. The van der Waals surface area contributed by atoms with E-state index in [1.165, 1.54) is 0 Å². The van der Waals surface area contributed by atoms with Crippen LogP contribution in [0.4, 0.5) is 30.7 Å². The Labute approximate surface area is 81.6 Å². The Bertz CT molecular complexity index is 231. The van der Waals surface area contributed by atoms with Gasteiger partial charge in [0.1, 0.15) is 0 Å². The molecule has 0 radical (unpaired) electrons. The number of ether oxygens (including phenoxy) is 1. The first kappa shape index (κ1) is 13.7. The van der Waals surface area contributed by atoms with Crippen molar-refractivity contribution in [1.29, 1.82) is 0 Å². The van der Waals surface area contributed by atoms with Crippen LogP contribution in [0.5, 0.6) is 0 Å². The van der Waals surface area contributed by atoms with Crippen molar-refractivity contribution < 1.29 is 35.5 Å². The summed E-state index contributed by atoms with van der Waals surface area (Å²) in [5.74, 6) is -4.98. The summed E-state index contributed by atoms with van der Waals surface area (Å²) >= 11 is 1.87. The predicted molar refractivity (Wildman–Crippen MR) is 35.1 cm³/mol. The van der Waals surface area contributed by atoms with Gasteiger partial charge in [0, 0.05) is 0 Å². The van der Waals surface area contributed by atoms with Crippen molar-refractivity contribution in [2.45, 2.75) is 18.4 Å². The number of hydrogen-bond donors (Lipinski definition) is 0. The predicted octanol–water partition coefficient (Wildman–Crippen LogP) is 3.66. The van der Waals surface area contributed by atoms with Gasteiger partial charge in [-0.25, -0.2) is 4.74 Å². The summed E-state index contributed by atoms with van der Waals surface area (Å²) in [6.07, 6.45) is -11.6. The van der Waals surface area contributed by atoms with E-state index in [0.29, 0.717) is 0 Å². The molecule has 0 spiro atoms. The zero-order valence-corrected chi connectivity index (χ0v) is 7.73. The lowest BCUT2D eigenvalue weighted by Gasteiger charge is -2.27. The van der Waals surface area contributed by atoms with Gasteiger partial charge in [0.25, 0.3) is 0 Å². The molecule has 0 N–H and O–H groups in total. The molecule has 1 unspecified atom stereocenters. The normalized spacial score (nSPS) is 17.7. The lowest BCUT2D eigenvalue weighted by Crippen LogP contribution is -2.47. The van der Waals surface area contributed by atoms with E-state index in [0.717, 1.165) is 0 Å². The molecule has 1 atom stereocenters. The van der Waals surface area contributed by atoms with Gasteiger partial charge in [0.2, 0.25) is 0 Å². The van der Waals surface area contributed by atoms with Gasteiger partial charge in [0.15, 0.2) is 0 Å². The maximum absolute atomic E-state index is 12.7. The summed E-state index contributed by atoms with van der Waals surface area (Å²) in [5.41, 5.74) is 0. The molecule has 0 aliphatic heterocycles. The summed E-state index contributed by atoms with van der Waals surface area (Å²) in [6, 6.07) is 0. The molecule has 0 aromatic carbocycles. The van der Waals surface area contributed by atoms with Crippen LogP contribution in [0.25, 0.3) is 0 Å². The second-order valence-electron chi connectivity index (χ2n) is 2.05. The van der Waals surface area contributed by atoms with E-state index in [1.807, 2.05) is 15.9 Å². The van der Waals surface area contributed by atoms with Crippen molar-refractivity contribution in [1.82, 2.24) is 0 Å². The maximum atomic E-state index is 12.7. The van der Waals surface area contributed by atoms with E-state index in [2.05, 4.69) is 11.3 Å². The van der Waals surface area contributed by atoms with Crippen LogP contribution < -0.4 is 0 Å². The van der Waals surface area contributed by atoms with Gasteiger partial charge < -0.3 is 0 Å². The smallest absolute Gasteiger partial charge is 0.241 e. The minimum Gasteiger partial charge on any atom is -0.241 e. The number of rotatable bonds is 2. The van der Waals surface area contributed by atoms with E-state index in [4.69, 9.17) is 0 Å². The number of hydrogen-bond acceptors (Lipinski definition) is 1. The molecule has 84 valence electrons. The fourth-order valence-corrected chi connectivity index (χ4v) is 0.732. The average molecular weight is 291 g/mol. The minimum absolute atomic E-state index is 1.62. The minimum atomic E-state index is -5.87. The van der Waals surface area contributed by atoms with Crippen molar-refractivity contribution in [3.8, 4) is 0 Å². The molecular formula is C5H2BrF7O. The maximum Gasteiger partial charge on any atom is 0.525 e. The Hall–Kier alpha value is -0.310. The van der Waals surface area contributed by atoms with Gasteiger partial charge in [0.05, 0.1) is 4.48 Å². The molecule has 0 heterocycles. The molecule has 0 saturated carbocycles. The first-order chi connectivity index (χ1) is 5.90. The van der Waals surface area contributed by atoms with E-state index < -0.39 is 22.9 Å². The first-order valence-electron chi connectivity index (χ1n) is 2.77. The second-order valence-corrected chi connectivity index (χ2v) is 3.00. The highest BCUT2D eigenvalue weighted by atomic mass is 79.9. The van der Waals surface area contributed by atoms with Crippen LogP contribution in [-0.4, -0.2) is 18.4 Å². The van der Waals surface area contributed by atoms with Gasteiger partial charge >= 0.3 is 18.4 Å². The van der Waals surface area contributed by atoms with Crippen LogP contribution in [0, 0.1) is 0 Å². The second kappa shape index (κ2) is 3.69. The summed E-state index contributed by atoms with van der Waals surface area (Å²) in [5, 5.41) is 0. The fraction of sp³-hybridized carbons (Fsp3) is 0.600. The molecule has 1 nitrogen and oxygen atoms in total. The Morgan fingerprint density at radius 3 is 1.43 bits per heavy atom. The van der Waals surface area contributed by atoms with Crippen molar-refractivity contribution >= 4 is 15.9 Å². The number of halogens is 8. The molecule has 9 heteroatoms. The monoisotopic (exact) mass is 290 g/mol. The Kier molecular flexibility index (Phi) is 3.60. The molecular weight excluding hydrogens is 289 g/mol. The third-order valence-corrected chi connectivity index (χ3v) is 1.48. The molecule has 14 heavy (non-hydrogen) atoms. The third-order valence-electron chi connectivity index (χ3n) is 0.970. The molecule has 0 amide bonds. The topological polar surface area (TPSA) is 9.23 Å². The van der Waals surface area contributed by atoms with Crippen molar-refractivity contribution in [2.75, 3.05) is 0 Å². The van der Waals surface area contributed by atoms with Gasteiger partial charge in [-0.3, -0.25) is 0 Å². The van der Waals surface area contributed by atoms with E-state index in [1.54, 1.807) is 0 Å². The SMILES string of the molecule is C=C(Br)C(F)(OC(F)(F)F)C(F)(F)F. The lowest BCUT2D eigenvalue weighted by molar-refractivity contribution is -0.433. The zero-order valence-electron chi connectivity index (χ0n) is 6.14. The van der Waals surface area contributed by atoms with Crippen molar-refractivity contribution in [2.24, 2.45) is 0 Å². The van der Waals surface area contributed by atoms with Crippen LogP contribution in [0.3, 0.4) is 0 Å². The Morgan fingerprint density at radius 2 is 1.36 bits per heavy atom. The van der Waals surface area contributed by atoms with Crippen molar-refractivity contribution in [3.63, 3.8) is 0 Å². The van der Waals surface area contributed by atoms with Gasteiger partial charge in [-0.05, 0) is 15.9 Å². The van der Waals surface area contributed by atoms with E-state index in [9.17, 15) is 30.7 Å². The van der Waals surface area contributed by atoms with E-state index in [-0.39, 0.29) is 0 Å². The highest BCUT2D eigenvalue weighted by Gasteiger charge is 2.64. The molecule has 0 aromatic heterocycles. The molecule has 0 aromatic rings. The van der Waals surface area contributed by atoms with Gasteiger partial charge in [-0.1, -0.05) is 6.58 Å². The molecule has 0 fully saturated rings. The third kappa shape index (κ3) is 3.12. The molecule has 0 aliphatic carbocycles. The Balaban J connectivity index is 5.04. The van der Waals surface area contributed by atoms with Crippen LogP contribution in [0.15, 0.2) is 11.1 Å². The summed E-state index contributed by atoms with van der Waals surface area (Å²) in [6.45, 7) is 2.37. The molecule has 0 bridgehead atoms. The van der Waals surface area contributed by atoms with Gasteiger partial charge in [-0.2, -0.15) is 17.6 Å². The lowest BCUT2D eigenvalue weighted by atomic mass is 10.3. The van der Waals surface area contributed by atoms with Crippen LogP contribution in [0.1, 0.15) is 0 Å². The van der Waals surface area contributed by atoms with Crippen molar-refractivity contribution in [3.05, 3.63) is 11.1 Å². The largest absolute Gasteiger partial charge is 0.525 e. The molecule has 0 aliphatic rings. The average Bonchev–Trinajstić information content (AvgIpc) is 1.79. The summed E-state index contributed by atoms with van der Waals surface area (Å²) in [7, 11) is 0. The van der Waals surface area contributed by atoms with Crippen LogP contribution in [-0.2, 0) is 4.74 Å². The summed E-state index contributed by atoms with van der Waals surface area (Å²) < 4.78 is 83.0. The molecule has 0 rings (SSSR count). The standard InChI is InChI=1S/C5H2BrF7O/c1-2(6)3(7,4(8,9)10)14-5(11,12)13/h1H2. The quantitative estimate of drug-likeness (QED) is 0.705. The highest BCUT2D eigenvalue weighted by Crippen LogP contribution is 2.45. The number of alkyl halides is 7. The van der Waals surface area contributed by atoms with Gasteiger partial charge in [-0.15, -0.1) is 13.2 Å².